The van der Waals surface area contributed by atoms with E-state index < -0.39 is 6.10 Å². The smallest absolute Gasteiger partial charge is 0.254 e. The lowest BCUT2D eigenvalue weighted by Crippen LogP contribution is -2.61. The van der Waals surface area contributed by atoms with Crippen LogP contribution in [0.3, 0.4) is 0 Å². The number of rotatable bonds is 6. The first kappa shape index (κ1) is 16.6. The number of aryl methyl sites for hydroxylation is 1. The average molecular weight is 324 g/mol. The Bertz CT molecular complexity index is 799. The number of carbonyl (C=O) groups is 1. The van der Waals surface area contributed by atoms with Gasteiger partial charge in [0.2, 0.25) is 0 Å². The molecule has 2 unspecified atom stereocenters. The van der Waals surface area contributed by atoms with Crippen LogP contribution in [-0.4, -0.2) is 34.6 Å². The summed E-state index contributed by atoms with van der Waals surface area (Å²) in [6, 6.07) is 10.4. The Morgan fingerprint density at radius 3 is 2.79 bits per heavy atom. The zero-order chi connectivity index (χ0) is 17.3. The van der Waals surface area contributed by atoms with Crippen LogP contribution in [0.25, 0.3) is 10.9 Å². The minimum atomic E-state index is -0.434. The second-order valence-corrected chi connectivity index (χ2v) is 6.68. The van der Waals surface area contributed by atoms with Gasteiger partial charge in [0.05, 0.1) is 6.61 Å². The summed E-state index contributed by atoms with van der Waals surface area (Å²) in [5, 5.41) is 1.18. The molecule has 1 aliphatic heterocycles. The molecule has 2 atom stereocenters. The number of aromatic nitrogens is 1. The molecule has 1 fully saturated rings. The minimum Gasteiger partial charge on any atom is -0.361 e. The van der Waals surface area contributed by atoms with Crippen molar-refractivity contribution in [1.29, 1.82) is 0 Å². The van der Waals surface area contributed by atoms with E-state index in [0.717, 1.165) is 12.2 Å². The third-order valence-electron chi connectivity index (χ3n) is 4.51. The van der Waals surface area contributed by atoms with Crippen LogP contribution in [0.1, 0.15) is 25.6 Å². The van der Waals surface area contributed by atoms with Gasteiger partial charge < -0.3 is 14.2 Å². The summed E-state index contributed by atoms with van der Waals surface area (Å²) in [6.07, 6.45) is 1.27. The minimum absolute atomic E-state index is 0.0458. The lowest BCUT2D eigenvalue weighted by atomic mass is 9.92. The van der Waals surface area contributed by atoms with E-state index in [9.17, 15) is 4.79 Å². The van der Waals surface area contributed by atoms with Crippen LogP contribution >= 0.6 is 0 Å². The Labute approximate surface area is 143 Å². The van der Waals surface area contributed by atoms with Crippen LogP contribution in [0.5, 0.6) is 0 Å². The Balaban J connectivity index is 1.96. The second-order valence-electron chi connectivity index (χ2n) is 6.68. The van der Waals surface area contributed by atoms with E-state index in [2.05, 4.69) is 56.0 Å². The number of hydrogen-bond acceptors (Lipinski definition) is 2. The van der Waals surface area contributed by atoms with E-state index in [1.165, 1.54) is 10.9 Å². The lowest BCUT2D eigenvalue weighted by molar-refractivity contribution is -0.175. The fraction of sp³-hybridized carbons (Fsp3) is 0.400. The summed E-state index contributed by atoms with van der Waals surface area (Å²) < 4.78 is 7.96. The maximum Gasteiger partial charge on any atom is 0.254 e. The van der Waals surface area contributed by atoms with E-state index in [1.54, 1.807) is 6.08 Å². The van der Waals surface area contributed by atoms with Crippen molar-refractivity contribution in [2.45, 2.75) is 26.0 Å². The van der Waals surface area contributed by atoms with Crippen LogP contribution in [0.2, 0.25) is 0 Å². The summed E-state index contributed by atoms with van der Waals surface area (Å²) in [5.74, 6) is 0.483. The zero-order valence-corrected chi connectivity index (χ0v) is 14.5. The summed E-state index contributed by atoms with van der Waals surface area (Å²) in [4.78, 5) is 14.5. The third kappa shape index (κ3) is 2.79. The number of benzene rings is 1. The van der Waals surface area contributed by atoms with Gasteiger partial charge in [0, 0.05) is 24.8 Å². The number of carbonyl (C=O) groups excluding carboxylic acids is 1. The van der Waals surface area contributed by atoms with E-state index in [-0.39, 0.29) is 11.9 Å². The molecule has 0 bridgehead atoms. The largest absolute Gasteiger partial charge is 0.361 e. The number of fused-ring (bicyclic) bond motifs is 1. The number of para-hydroxylation sites is 1. The standard InChI is InChI=1S/C20H24N2O2/c1-5-6-11-24-19-18(22(20(19)23)13-14(2)3)17-12-15-9-7-8-10-16(15)21(17)4/h6-10,12,14,18-19H,1,11,13H2,2-4H3. The van der Waals surface area contributed by atoms with Gasteiger partial charge >= 0.3 is 0 Å². The van der Waals surface area contributed by atoms with Crippen LogP contribution in [0, 0.1) is 5.92 Å². The van der Waals surface area contributed by atoms with Gasteiger partial charge in [-0.2, -0.15) is 0 Å². The first-order valence-electron chi connectivity index (χ1n) is 8.35. The topological polar surface area (TPSA) is 34.5 Å². The molecule has 1 saturated heterocycles. The predicted octanol–water partition coefficient (Wildman–Crippen LogP) is 3.44. The van der Waals surface area contributed by atoms with Gasteiger partial charge in [0.15, 0.2) is 6.10 Å². The highest BCUT2D eigenvalue weighted by atomic mass is 16.5. The van der Waals surface area contributed by atoms with Crippen molar-refractivity contribution in [1.82, 2.24) is 9.47 Å². The average Bonchev–Trinajstić information content (AvgIpc) is 2.89. The van der Waals surface area contributed by atoms with E-state index in [4.69, 9.17) is 4.74 Å². The molecule has 4 heteroatoms. The van der Waals surface area contributed by atoms with E-state index >= 15 is 0 Å². The first-order chi connectivity index (χ1) is 11.5. The highest BCUT2D eigenvalue weighted by Gasteiger charge is 2.50. The molecular weight excluding hydrogens is 300 g/mol. The number of likely N-dealkylation sites (tertiary alicyclic amines) is 1. The molecule has 0 aliphatic carbocycles. The summed E-state index contributed by atoms with van der Waals surface area (Å²) in [5.41, 5.74) is 4.97. The Hall–Kier alpha value is -2.29. The van der Waals surface area contributed by atoms with Crippen molar-refractivity contribution in [3.8, 4) is 0 Å². The fourth-order valence-corrected chi connectivity index (χ4v) is 3.40. The normalized spacial score (nSPS) is 20.3. The SMILES string of the molecule is C=C=CCOC1C(=O)N(CC(C)C)C1c1cc2ccccc2n1C. The van der Waals surface area contributed by atoms with E-state index in [1.807, 2.05) is 17.0 Å². The third-order valence-corrected chi connectivity index (χ3v) is 4.51. The fourth-order valence-electron chi connectivity index (χ4n) is 3.40. The summed E-state index contributed by atoms with van der Waals surface area (Å²) in [7, 11) is 2.05. The highest BCUT2D eigenvalue weighted by Crippen LogP contribution is 2.39. The Morgan fingerprint density at radius 2 is 2.12 bits per heavy atom. The molecule has 1 aliphatic rings. The molecule has 0 radical (unpaired) electrons. The van der Waals surface area contributed by atoms with Crippen molar-refractivity contribution < 1.29 is 9.53 Å². The maximum absolute atomic E-state index is 12.5. The Morgan fingerprint density at radius 1 is 1.38 bits per heavy atom. The van der Waals surface area contributed by atoms with Gasteiger partial charge in [-0.3, -0.25) is 4.79 Å². The molecule has 3 rings (SSSR count). The number of hydrogen-bond donors (Lipinski definition) is 0. The molecule has 24 heavy (non-hydrogen) atoms. The van der Waals surface area contributed by atoms with Gasteiger partial charge in [0.1, 0.15) is 6.04 Å². The van der Waals surface area contributed by atoms with Crippen LogP contribution in [-0.2, 0) is 16.6 Å². The van der Waals surface area contributed by atoms with Crippen molar-refractivity contribution in [2.24, 2.45) is 13.0 Å². The van der Waals surface area contributed by atoms with Crippen molar-refractivity contribution >= 4 is 16.8 Å². The molecule has 0 saturated carbocycles. The van der Waals surface area contributed by atoms with E-state index in [0.29, 0.717) is 12.5 Å². The molecule has 126 valence electrons. The number of nitrogens with zero attached hydrogens (tertiary/aromatic N) is 2. The quantitative estimate of drug-likeness (QED) is 0.602. The molecule has 2 aromatic rings. The van der Waals surface area contributed by atoms with Gasteiger partial charge in [-0.15, -0.1) is 5.73 Å². The number of ether oxygens (including phenoxy) is 1. The van der Waals surface area contributed by atoms with Gasteiger partial charge in [-0.05, 0) is 29.5 Å². The Kier molecular flexibility index (Phi) is 4.61. The van der Waals surface area contributed by atoms with Crippen molar-refractivity contribution in [2.75, 3.05) is 13.2 Å². The van der Waals surface area contributed by atoms with Crippen LogP contribution in [0.4, 0.5) is 0 Å². The predicted molar refractivity (Wildman–Crippen MR) is 95.7 cm³/mol. The molecular formula is C20H24N2O2. The number of β-lactam (4-membered cyclic amide) rings is 1. The number of amides is 1. The van der Waals surface area contributed by atoms with Gasteiger partial charge in [-0.1, -0.05) is 38.6 Å². The van der Waals surface area contributed by atoms with Gasteiger partial charge in [0.25, 0.3) is 5.91 Å². The summed E-state index contributed by atoms with van der Waals surface area (Å²) in [6.45, 7) is 8.88. The highest BCUT2D eigenvalue weighted by molar-refractivity contribution is 5.90. The lowest BCUT2D eigenvalue weighted by Gasteiger charge is -2.47. The van der Waals surface area contributed by atoms with Crippen molar-refractivity contribution in [3.63, 3.8) is 0 Å². The molecule has 4 nitrogen and oxygen atoms in total. The molecule has 1 amide bonds. The molecule has 0 N–H and O–H groups in total. The second kappa shape index (κ2) is 6.68. The zero-order valence-electron chi connectivity index (χ0n) is 14.5. The van der Waals surface area contributed by atoms with Gasteiger partial charge in [-0.25, -0.2) is 0 Å². The molecule has 0 spiro atoms. The molecule has 1 aromatic heterocycles. The summed E-state index contributed by atoms with van der Waals surface area (Å²) >= 11 is 0. The first-order valence-corrected chi connectivity index (χ1v) is 8.35. The van der Waals surface area contributed by atoms with Crippen LogP contribution in [0.15, 0.2) is 48.7 Å². The molecule has 1 aromatic carbocycles. The molecule has 2 heterocycles. The maximum atomic E-state index is 12.5. The monoisotopic (exact) mass is 324 g/mol. The van der Waals surface area contributed by atoms with Crippen molar-refractivity contribution in [3.05, 3.63) is 54.4 Å². The van der Waals surface area contributed by atoms with Crippen LogP contribution < -0.4 is 0 Å².